The number of nitrogens with zero attached hydrogens (tertiary/aromatic N) is 4. The van der Waals surface area contributed by atoms with Gasteiger partial charge in [-0.3, -0.25) is 4.68 Å². The summed E-state index contributed by atoms with van der Waals surface area (Å²) < 4.78 is 7.42. The molecule has 28 heavy (non-hydrogen) atoms. The van der Waals surface area contributed by atoms with E-state index in [1.807, 2.05) is 23.9 Å². The predicted octanol–water partition coefficient (Wildman–Crippen LogP) is 2.57. The van der Waals surface area contributed by atoms with Crippen molar-refractivity contribution in [3.8, 4) is 5.75 Å². The van der Waals surface area contributed by atoms with E-state index in [0.717, 1.165) is 53.7 Å². The Morgan fingerprint density at radius 1 is 1.29 bits per heavy atom. The number of methoxy groups -OCH3 is 1. The summed E-state index contributed by atoms with van der Waals surface area (Å²) in [6, 6.07) is 6.29. The highest BCUT2D eigenvalue weighted by molar-refractivity contribution is 5.85. The lowest BCUT2D eigenvalue weighted by atomic mass is 10.0. The normalized spacial score (nSPS) is 12.3. The van der Waals surface area contributed by atoms with E-state index in [2.05, 4.69) is 39.4 Å². The lowest BCUT2D eigenvalue weighted by Gasteiger charge is -2.12. The van der Waals surface area contributed by atoms with Crippen molar-refractivity contribution >= 4 is 22.8 Å². The Balaban J connectivity index is 1.87. The van der Waals surface area contributed by atoms with Gasteiger partial charge in [-0.1, -0.05) is 25.5 Å². The minimum Gasteiger partial charge on any atom is -0.496 e. The second-order valence-electron chi connectivity index (χ2n) is 7.10. The van der Waals surface area contributed by atoms with Crippen LogP contribution in [0.2, 0.25) is 0 Å². The number of nitrogens with two attached hydrogens (primary N) is 2. The number of rotatable bonds is 9. The van der Waals surface area contributed by atoms with Crippen molar-refractivity contribution in [2.45, 2.75) is 45.7 Å². The van der Waals surface area contributed by atoms with E-state index in [1.165, 1.54) is 0 Å². The second-order valence-corrected chi connectivity index (χ2v) is 7.10. The van der Waals surface area contributed by atoms with Crippen LogP contribution < -0.4 is 21.5 Å². The van der Waals surface area contributed by atoms with Crippen LogP contribution >= 0.6 is 0 Å². The number of benzene rings is 1. The van der Waals surface area contributed by atoms with Crippen LogP contribution in [-0.4, -0.2) is 39.4 Å². The molecular weight excluding hydrogens is 354 g/mol. The average Bonchev–Trinajstić information content (AvgIpc) is 3.05. The van der Waals surface area contributed by atoms with Gasteiger partial charge >= 0.3 is 0 Å². The van der Waals surface area contributed by atoms with Crippen molar-refractivity contribution < 1.29 is 4.74 Å². The van der Waals surface area contributed by atoms with Crippen LogP contribution in [-0.2, 0) is 13.0 Å². The maximum Gasteiger partial charge on any atom is 0.222 e. The third-order valence-electron chi connectivity index (χ3n) is 4.49. The maximum absolute atomic E-state index is 5.91. The second kappa shape index (κ2) is 8.88. The molecule has 0 aliphatic heterocycles. The van der Waals surface area contributed by atoms with E-state index in [4.69, 9.17) is 16.2 Å². The van der Waals surface area contributed by atoms with Gasteiger partial charge in [0.25, 0.3) is 0 Å². The molecule has 0 amide bonds. The summed E-state index contributed by atoms with van der Waals surface area (Å²) >= 11 is 0. The molecule has 0 fully saturated rings. The topological polar surface area (TPSA) is 117 Å². The van der Waals surface area contributed by atoms with Gasteiger partial charge in [-0.2, -0.15) is 10.1 Å². The number of nitrogens with one attached hydrogen (secondary N) is 1. The molecule has 0 aliphatic rings. The third kappa shape index (κ3) is 4.69. The number of fused-ring (bicyclic) bond motifs is 1. The van der Waals surface area contributed by atoms with Crippen molar-refractivity contribution in [1.29, 1.82) is 0 Å². The molecule has 0 radical (unpaired) electrons. The van der Waals surface area contributed by atoms with Crippen LogP contribution in [0.3, 0.4) is 0 Å². The van der Waals surface area contributed by atoms with Gasteiger partial charge in [0.05, 0.1) is 19.9 Å². The third-order valence-corrected chi connectivity index (χ3v) is 4.49. The molecule has 0 spiro atoms. The van der Waals surface area contributed by atoms with Gasteiger partial charge in [0.1, 0.15) is 11.3 Å². The molecule has 0 bridgehead atoms. The molecule has 150 valence electrons. The standard InChI is InChI=1S/C20H29N7O/c1-4-5-8-23-19-18-16(24-20(22)25-19)12-27(26-18)11-15-7-6-14(9-13(2)21)10-17(15)28-3/h6-7,10,12-13H,4-5,8-9,11,21H2,1-3H3,(H3,22,23,24,25)/t13-/m0/s1. The van der Waals surface area contributed by atoms with Crippen molar-refractivity contribution in [3.63, 3.8) is 0 Å². The molecule has 0 saturated heterocycles. The summed E-state index contributed by atoms with van der Waals surface area (Å²) in [5.74, 6) is 1.74. The fourth-order valence-electron chi connectivity index (χ4n) is 3.16. The first-order valence-electron chi connectivity index (χ1n) is 9.66. The summed E-state index contributed by atoms with van der Waals surface area (Å²) in [6.07, 6.45) is 4.85. The lowest BCUT2D eigenvalue weighted by Crippen LogP contribution is -2.17. The summed E-state index contributed by atoms with van der Waals surface area (Å²) in [7, 11) is 1.68. The molecule has 3 rings (SSSR count). The smallest absolute Gasteiger partial charge is 0.222 e. The van der Waals surface area contributed by atoms with Crippen LogP contribution in [0, 0.1) is 0 Å². The highest BCUT2D eigenvalue weighted by Crippen LogP contribution is 2.24. The van der Waals surface area contributed by atoms with Crippen molar-refractivity contribution in [2.24, 2.45) is 5.73 Å². The van der Waals surface area contributed by atoms with Gasteiger partial charge in [0, 0.05) is 18.2 Å². The van der Waals surface area contributed by atoms with Crippen LogP contribution in [0.25, 0.3) is 11.0 Å². The van der Waals surface area contributed by atoms with E-state index >= 15 is 0 Å². The SMILES string of the molecule is CCCCNc1nc(N)nc2cn(Cc3ccc(C[C@H](C)N)cc3OC)nc12. The van der Waals surface area contributed by atoms with Crippen molar-refractivity contribution in [2.75, 3.05) is 24.7 Å². The number of hydrogen-bond acceptors (Lipinski definition) is 7. The Kier molecular flexibility index (Phi) is 6.30. The first-order valence-corrected chi connectivity index (χ1v) is 9.66. The molecule has 1 atom stereocenters. The first-order chi connectivity index (χ1) is 13.5. The van der Waals surface area contributed by atoms with Gasteiger partial charge in [-0.15, -0.1) is 0 Å². The van der Waals surface area contributed by atoms with E-state index in [9.17, 15) is 0 Å². The number of unbranched alkanes of at least 4 members (excludes halogenated alkanes) is 1. The Labute approximate surface area is 165 Å². The van der Waals surface area contributed by atoms with E-state index in [0.29, 0.717) is 12.4 Å². The molecule has 0 aliphatic carbocycles. The Morgan fingerprint density at radius 3 is 2.82 bits per heavy atom. The Hall–Kier alpha value is -2.87. The van der Waals surface area contributed by atoms with Crippen molar-refractivity contribution in [3.05, 3.63) is 35.5 Å². The van der Waals surface area contributed by atoms with Gasteiger partial charge in [0.15, 0.2) is 11.3 Å². The summed E-state index contributed by atoms with van der Waals surface area (Å²) in [5.41, 5.74) is 15.4. The Bertz CT molecular complexity index is 936. The average molecular weight is 384 g/mol. The van der Waals surface area contributed by atoms with Crippen molar-refractivity contribution in [1.82, 2.24) is 19.7 Å². The lowest BCUT2D eigenvalue weighted by molar-refractivity contribution is 0.406. The largest absolute Gasteiger partial charge is 0.496 e. The fourth-order valence-corrected chi connectivity index (χ4v) is 3.16. The monoisotopic (exact) mass is 383 g/mol. The molecule has 8 nitrogen and oxygen atoms in total. The molecule has 1 aromatic carbocycles. The number of nitrogen functional groups attached to an aromatic ring is 1. The maximum atomic E-state index is 5.91. The highest BCUT2D eigenvalue weighted by Gasteiger charge is 2.13. The van der Waals surface area contributed by atoms with Crippen LogP contribution in [0.5, 0.6) is 5.75 Å². The van der Waals surface area contributed by atoms with E-state index in [1.54, 1.807) is 7.11 Å². The molecular formula is C20H29N7O. The molecule has 8 heteroatoms. The highest BCUT2D eigenvalue weighted by atomic mass is 16.5. The van der Waals surface area contributed by atoms with Crippen LogP contribution in [0.1, 0.15) is 37.8 Å². The zero-order valence-electron chi connectivity index (χ0n) is 16.8. The quantitative estimate of drug-likeness (QED) is 0.486. The first kappa shape index (κ1) is 19.9. The number of ether oxygens (including phenoxy) is 1. The molecule has 5 N–H and O–H groups in total. The van der Waals surface area contributed by atoms with Gasteiger partial charge in [0.2, 0.25) is 5.95 Å². The van der Waals surface area contributed by atoms with Gasteiger partial charge < -0.3 is 21.5 Å². The summed E-state index contributed by atoms with van der Waals surface area (Å²) in [6.45, 7) is 5.53. The number of hydrogen-bond donors (Lipinski definition) is 3. The predicted molar refractivity (Wildman–Crippen MR) is 113 cm³/mol. The van der Waals surface area contributed by atoms with E-state index in [-0.39, 0.29) is 12.0 Å². The molecule has 0 saturated carbocycles. The number of anilines is 2. The summed E-state index contributed by atoms with van der Waals surface area (Å²) in [5, 5.41) is 7.98. The van der Waals surface area contributed by atoms with Gasteiger partial charge in [-0.05, 0) is 31.4 Å². The summed E-state index contributed by atoms with van der Waals surface area (Å²) in [4.78, 5) is 8.62. The molecule has 2 aromatic heterocycles. The molecule has 3 aromatic rings. The molecule has 0 unspecified atom stereocenters. The zero-order chi connectivity index (χ0) is 20.1. The number of aromatic nitrogens is 4. The minimum atomic E-state index is 0.106. The van der Waals surface area contributed by atoms with Crippen LogP contribution in [0.4, 0.5) is 11.8 Å². The zero-order valence-corrected chi connectivity index (χ0v) is 16.8. The Morgan fingerprint density at radius 2 is 2.11 bits per heavy atom. The molecule has 2 heterocycles. The van der Waals surface area contributed by atoms with Crippen LogP contribution in [0.15, 0.2) is 24.4 Å². The minimum absolute atomic E-state index is 0.106. The fraction of sp³-hybridized carbons (Fsp3) is 0.450. The van der Waals surface area contributed by atoms with Gasteiger partial charge in [-0.25, -0.2) is 4.98 Å². The van der Waals surface area contributed by atoms with E-state index < -0.39 is 0 Å².